The van der Waals surface area contributed by atoms with Crippen molar-refractivity contribution in [3.8, 4) is 11.5 Å². The summed E-state index contributed by atoms with van der Waals surface area (Å²) in [5, 5.41) is 9.64. The molecule has 0 bridgehead atoms. The molecule has 8 heteroatoms. The van der Waals surface area contributed by atoms with Gasteiger partial charge in [0.05, 0.1) is 11.3 Å². The minimum atomic E-state index is -0.714. The number of para-hydroxylation sites is 3. The van der Waals surface area contributed by atoms with Gasteiger partial charge in [0.2, 0.25) is 0 Å². The average molecular weight is 355 g/mol. The molecule has 1 aliphatic heterocycles. The van der Waals surface area contributed by atoms with E-state index in [1.807, 2.05) is 0 Å². The maximum Gasteiger partial charge on any atom is 0.273 e. The van der Waals surface area contributed by atoms with Crippen molar-refractivity contribution in [3.05, 3.63) is 54.1 Å². The summed E-state index contributed by atoms with van der Waals surface area (Å²) in [5.74, 6) is -1.31. The third kappa shape index (κ3) is 3.44. The van der Waals surface area contributed by atoms with Gasteiger partial charge in [0, 0.05) is 0 Å². The molecule has 0 aliphatic carbocycles. The van der Waals surface area contributed by atoms with Gasteiger partial charge in [-0.1, -0.05) is 24.3 Å². The van der Waals surface area contributed by atoms with Crippen molar-refractivity contribution < 1.29 is 24.2 Å². The number of hydrogen-bond acceptors (Lipinski definition) is 5. The van der Waals surface area contributed by atoms with E-state index in [-0.39, 0.29) is 23.8 Å². The first-order valence-electron chi connectivity index (χ1n) is 7.91. The maximum atomic E-state index is 12.3. The van der Waals surface area contributed by atoms with Gasteiger partial charge in [-0.3, -0.25) is 30.1 Å². The first-order valence-corrected chi connectivity index (χ1v) is 7.91. The monoisotopic (exact) mass is 355 g/mol. The molecule has 1 heterocycles. The molecular weight excluding hydrogens is 338 g/mol. The highest BCUT2D eigenvalue weighted by Gasteiger charge is 2.32. The number of amides is 3. The Morgan fingerprint density at radius 1 is 1.12 bits per heavy atom. The van der Waals surface area contributed by atoms with Crippen molar-refractivity contribution in [2.24, 2.45) is 0 Å². The highest BCUT2D eigenvalue weighted by Crippen LogP contribution is 2.33. The van der Waals surface area contributed by atoms with Crippen molar-refractivity contribution in [1.82, 2.24) is 10.9 Å². The first-order chi connectivity index (χ1) is 12.5. The molecule has 0 spiro atoms. The molecule has 3 N–H and O–H groups in total. The number of phenols is 1. The molecule has 0 radical (unpaired) electrons. The number of nitrogens with one attached hydrogen (secondary N) is 2. The minimum absolute atomic E-state index is 0.0224. The number of carbonyl (C=O) groups is 3. The smallest absolute Gasteiger partial charge is 0.273 e. The lowest BCUT2D eigenvalue weighted by atomic mass is 10.2. The molecule has 0 saturated heterocycles. The molecule has 3 rings (SSSR count). The zero-order valence-electron chi connectivity index (χ0n) is 13.9. The summed E-state index contributed by atoms with van der Waals surface area (Å²) in [6, 6.07) is 12.8. The van der Waals surface area contributed by atoms with Crippen molar-refractivity contribution >= 4 is 23.4 Å². The van der Waals surface area contributed by atoms with Gasteiger partial charge in [-0.25, -0.2) is 0 Å². The number of anilines is 1. The largest absolute Gasteiger partial charge is 0.507 e. The van der Waals surface area contributed by atoms with Crippen LogP contribution in [0.5, 0.6) is 11.5 Å². The fourth-order valence-electron chi connectivity index (χ4n) is 2.56. The molecule has 26 heavy (non-hydrogen) atoms. The van der Waals surface area contributed by atoms with Crippen molar-refractivity contribution in [2.75, 3.05) is 11.4 Å². The van der Waals surface area contributed by atoms with E-state index in [0.717, 1.165) is 0 Å². The summed E-state index contributed by atoms with van der Waals surface area (Å²) in [6.07, 6.45) is -0.714. The molecule has 2 aromatic carbocycles. The Hall–Kier alpha value is -3.55. The number of carbonyl (C=O) groups excluding carboxylic acids is 3. The van der Waals surface area contributed by atoms with Gasteiger partial charge in [-0.15, -0.1) is 0 Å². The van der Waals surface area contributed by atoms with Crippen LogP contribution in [0.1, 0.15) is 17.3 Å². The highest BCUT2D eigenvalue weighted by atomic mass is 16.5. The van der Waals surface area contributed by atoms with E-state index in [1.165, 1.54) is 17.0 Å². The Kier molecular flexibility index (Phi) is 4.74. The van der Waals surface area contributed by atoms with Crippen LogP contribution in [0.4, 0.5) is 5.69 Å². The van der Waals surface area contributed by atoms with Crippen molar-refractivity contribution in [3.63, 3.8) is 0 Å². The van der Waals surface area contributed by atoms with E-state index in [4.69, 9.17) is 4.74 Å². The summed E-state index contributed by atoms with van der Waals surface area (Å²) in [7, 11) is 0. The zero-order chi connectivity index (χ0) is 18.7. The standard InChI is InChI=1S/C18H17N3O5/c1-11-18(25)21(13-7-3-5-9-15(13)26-11)10-16(23)19-20-17(24)12-6-2-4-8-14(12)22/h2-9,11,22H,10H2,1H3,(H,19,23)(H,20,24)/t11-/m0/s1. The van der Waals surface area contributed by atoms with Crippen LogP contribution < -0.4 is 20.5 Å². The van der Waals surface area contributed by atoms with Crippen LogP contribution >= 0.6 is 0 Å². The topological polar surface area (TPSA) is 108 Å². The Morgan fingerprint density at radius 2 is 1.81 bits per heavy atom. The van der Waals surface area contributed by atoms with Gasteiger partial charge in [0.15, 0.2) is 6.10 Å². The number of hydrogen-bond donors (Lipinski definition) is 3. The number of hydrazine groups is 1. The van der Waals surface area contributed by atoms with Crippen LogP contribution in [0.15, 0.2) is 48.5 Å². The number of nitrogens with zero attached hydrogens (tertiary/aromatic N) is 1. The molecule has 134 valence electrons. The van der Waals surface area contributed by atoms with Crippen LogP contribution in [0.3, 0.4) is 0 Å². The van der Waals surface area contributed by atoms with Crippen LogP contribution in [0.2, 0.25) is 0 Å². The van der Waals surface area contributed by atoms with E-state index in [9.17, 15) is 19.5 Å². The first kappa shape index (κ1) is 17.3. The maximum absolute atomic E-state index is 12.3. The lowest BCUT2D eigenvalue weighted by molar-refractivity contribution is -0.128. The second kappa shape index (κ2) is 7.14. The van der Waals surface area contributed by atoms with Crippen molar-refractivity contribution in [1.29, 1.82) is 0 Å². The van der Waals surface area contributed by atoms with E-state index in [0.29, 0.717) is 11.4 Å². The molecule has 0 saturated carbocycles. The van der Waals surface area contributed by atoms with Gasteiger partial charge in [-0.05, 0) is 31.2 Å². The van der Waals surface area contributed by atoms with E-state index >= 15 is 0 Å². The summed E-state index contributed by atoms with van der Waals surface area (Å²) in [5.41, 5.74) is 4.96. The van der Waals surface area contributed by atoms with Crippen molar-refractivity contribution in [2.45, 2.75) is 13.0 Å². The molecule has 1 atom stereocenters. The van der Waals surface area contributed by atoms with Crippen LogP contribution in [0, 0.1) is 0 Å². The second-order valence-electron chi connectivity index (χ2n) is 5.67. The van der Waals surface area contributed by atoms with Gasteiger partial charge < -0.3 is 9.84 Å². The fraction of sp³-hybridized carbons (Fsp3) is 0.167. The lowest BCUT2D eigenvalue weighted by Crippen LogP contribution is -2.51. The fourth-order valence-corrected chi connectivity index (χ4v) is 2.56. The minimum Gasteiger partial charge on any atom is -0.507 e. The molecule has 0 aromatic heterocycles. The van der Waals surface area contributed by atoms with Crippen LogP contribution in [-0.2, 0) is 9.59 Å². The van der Waals surface area contributed by atoms with Gasteiger partial charge in [0.1, 0.15) is 18.0 Å². The van der Waals surface area contributed by atoms with Crippen LogP contribution in [-0.4, -0.2) is 35.5 Å². The van der Waals surface area contributed by atoms with E-state index in [2.05, 4.69) is 10.9 Å². The SMILES string of the molecule is C[C@@H]1Oc2ccccc2N(CC(=O)NNC(=O)c2ccccc2O)C1=O. The Bertz CT molecular complexity index is 867. The number of phenolic OH excluding ortho intramolecular Hbond substituents is 1. The zero-order valence-corrected chi connectivity index (χ0v) is 13.9. The third-order valence-electron chi connectivity index (χ3n) is 3.84. The average Bonchev–Trinajstić information content (AvgIpc) is 2.64. The van der Waals surface area contributed by atoms with Gasteiger partial charge in [-0.2, -0.15) is 0 Å². The second-order valence-corrected chi connectivity index (χ2v) is 5.67. The number of rotatable bonds is 3. The molecular formula is C18H17N3O5. The van der Waals surface area contributed by atoms with E-state index in [1.54, 1.807) is 43.3 Å². The van der Waals surface area contributed by atoms with Gasteiger partial charge in [0.25, 0.3) is 17.7 Å². The van der Waals surface area contributed by atoms with Crippen LogP contribution in [0.25, 0.3) is 0 Å². The molecule has 1 aliphatic rings. The summed E-state index contributed by atoms with van der Waals surface area (Å²) in [4.78, 5) is 37.8. The quantitative estimate of drug-likeness (QED) is 0.711. The predicted octanol–water partition coefficient (Wildman–Crippen LogP) is 0.967. The Labute approximate surface area is 149 Å². The number of ether oxygens (including phenoxy) is 1. The van der Waals surface area contributed by atoms with Gasteiger partial charge >= 0.3 is 0 Å². The third-order valence-corrected chi connectivity index (χ3v) is 3.84. The van der Waals surface area contributed by atoms with E-state index < -0.39 is 17.9 Å². The highest BCUT2D eigenvalue weighted by molar-refractivity contribution is 6.04. The normalized spacial score (nSPS) is 15.7. The molecule has 0 unspecified atom stereocenters. The molecule has 8 nitrogen and oxygen atoms in total. The lowest BCUT2D eigenvalue weighted by Gasteiger charge is -2.32. The summed E-state index contributed by atoms with van der Waals surface area (Å²) >= 11 is 0. The number of aromatic hydroxyl groups is 1. The number of benzene rings is 2. The summed E-state index contributed by atoms with van der Waals surface area (Å²) < 4.78 is 5.50. The number of fused-ring (bicyclic) bond motifs is 1. The Balaban J connectivity index is 1.66. The molecule has 3 amide bonds. The Morgan fingerprint density at radius 3 is 2.58 bits per heavy atom. The molecule has 2 aromatic rings. The predicted molar refractivity (Wildman–Crippen MR) is 92.6 cm³/mol. The molecule has 0 fully saturated rings. The summed E-state index contributed by atoms with van der Waals surface area (Å²) in [6.45, 7) is 1.31.